The quantitative estimate of drug-likeness (QED) is 0.567. The van der Waals surface area contributed by atoms with Crippen LogP contribution in [0, 0.1) is 23.5 Å². The van der Waals surface area contributed by atoms with Gasteiger partial charge in [-0.25, -0.2) is 0 Å². The number of nitrogens with zero attached hydrogens (tertiary/aromatic N) is 1. The predicted octanol–water partition coefficient (Wildman–Crippen LogP) is 4.85. The number of rotatable bonds is 2. The first-order chi connectivity index (χ1) is 8.90. The van der Waals surface area contributed by atoms with E-state index in [4.69, 9.17) is 16.3 Å². The van der Waals surface area contributed by atoms with Gasteiger partial charge in [-0.3, -0.25) is 0 Å². The lowest BCUT2D eigenvalue weighted by molar-refractivity contribution is 0.343. The lowest BCUT2D eigenvalue weighted by Crippen LogP contribution is -2.03. The molecule has 1 aromatic carbocycles. The Morgan fingerprint density at radius 2 is 1.63 bits per heavy atom. The molecule has 2 rings (SSSR count). The van der Waals surface area contributed by atoms with E-state index >= 15 is 0 Å². The third-order valence-corrected chi connectivity index (χ3v) is 2.87. The fourth-order valence-corrected chi connectivity index (χ4v) is 1.72. The molecule has 0 saturated heterocycles. The Balaban J connectivity index is 2.52. The molecule has 0 aliphatic rings. The Hall–Kier alpha value is -1.34. The van der Waals surface area contributed by atoms with Gasteiger partial charge in [0, 0.05) is 4.47 Å². The van der Waals surface area contributed by atoms with Gasteiger partial charge < -0.3 is 4.74 Å². The molecule has 2 aromatic rings. The third-order valence-electron chi connectivity index (χ3n) is 2.06. The van der Waals surface area contributed by atoms with E-state index < -0.39 is 29.3 Å². The van der Waals surface area contributed by atoms with Gasteiger partial charge in [0.05, 0.1) is 5.02 Å². The lowest BCUT2D eigenvalue weighted by atomic mass is 10.3. The van der Waals surface area contributed by atoms with Gasteiger partial charge in [-0.2, -0.15) is 22.5 Å². The van der Waals surface area contributed by atoms with Crippen LogP contribution in [-0.4, -0.2) is 4.98 Å². The molecule has 100 valence electrons. The lowest BCUT2D eigenvalue weighted by Gasteiger charge is -2.10. The van der Waals surface area contributed by atoms with Crippen molar-refractivity contribution in [2.75, 3.05) is 0 Å². The molecule has 0 amide bonds. The average Bonchev–Trinajstić information content (AvgIpc) is 2.36. The Morgan fingerprint density at radius 1 is 1.05 bits per heavy atom. The number of hydrogen-bond acceptors (Lipinski definition) is 2. The van der Waals surface area contributed by atoms with Gasteiger partial charge in [0.1, 0.15) is 5.75 Å². The third kappa shape index (κ3) is 2.82. The summed E-state index contributed by atoms with van der Waals surface area (Å²) in [6.07, 6.45) is 0. The zero-order chi connectivity index (χ0) is 14.2. The molecule has 0 atom stereocenters. The first-order valence-electron chi connectivity index (χ1n) is 4.73. The zero-order valence-corrected chi connectivity index (χ0v) is 11.2. The monoisotopic (exact) mass is 355 g/mol. The molecule has 0 aliphatic carbocycles. The highest BCUT2D eigenvalue weighted by Crippen LogP contribution is 2.35. The zero-order valence-electron chi connectivity index (χ0n) is 8.86. The van der Waals surface area contributed by atoms with Crippen LogP contribution in [-0.2, 0) is 0 Å². The Morgan fingerprint density at radius 3 is 2.21 bits per heavy atom. The van der Waals surface area contributed by atoms with Crippen LogP contribution in [0.1, 0.15) is 0 Å². The summed E-state index contributed by atoms with van der Waals surface area (Å²) in [4.78, 5) is 2.41. The molecule has 0 bridgehead atoms. The number of halogens is 6. The van der Waals surface area contributed by atoms with Crippen molar-refractivity contribution in [2.45, 2.75) is 0 Å². The number of aromatic nitrogens is 1. The van der Waals surface area contributed by atoms with E-state index in [-0.39, 0.29) is 10.8 Å². The van der Waals surface area contributed by atoms with Crippen molar-refractivity contribution in [3.63, 3.8) is 0 Å². The van der Waals surface area contributed by atoms with E-state index in [2.05, 4.69) is 20.9 Å². The summed E-state index contributed by atoms with van der Waals surface area (Å²) < 4.78 is 57.7. The minimum Gasteiger partial charge on any atom is -0.449 e. The Kier molecular flexibility index (Phi) is 3.96. The number of pyridine rings is 1. The van der Waals surface area contributed by atoms with E-state index in [1.54, 1.807) is 6.07 Å². The maximum atomic E-state index is 13.3. The van der Waals surface area contributed by atoms with Crippen LogP contribution in [0.15, 0.2) is 22.7 Å². The first-order valence-corrected chi connectivity index (χ1v) is 5.90. The first kappa shape index (κ1) is 14.1. The summed E-state index contributed by atoms with van der Waals surface area (Å²) >= 11 is 8.83. The highest BCUT2D eigenvalue weighted by atomic mass is 79.9. The number of hydrogen-bond donors (Lipinski definition) is 0. The van der Waals surface area contributed by atoms with Gasteiger partial charge in [0.15, 0.2) is 0 Å². The van der Waals surface area contributed by atoms with Gasteiger partial charge in [-0.05, 0) is 18.2 Å². The highest BCUT2D eigenvalue weighted by Gasteiger charge is 2.23. The second-order valence-corrected chi connectivity index (χ2v) is 4.65. The predicted molar refractivity (Wildman–Crippen MR) is 63.3 cm³/mol. The average molecular weight is 356 g/mol. The normalized spacial score (nSPS) is 10.6. The molecule has 0 saturated carbocycles. The van der Waals surface area contributed by atoms with Crippen LogP contribution in [0.2, 0.25) is 5.02 Å². The summed E-state index contributed by atoms with van der Waals surface area (Å²) in [5, 5.41) is 0.0135. The molecular formula is C11H3BrClF4NO. The molecule has 2 nitrogen and oxygen atoms in total. The Labute approximate surface area is 118 Å². The second-order valence-electron chi connectivity index (χ2n) is 3.33. The fourth-order valence-electron chi connectivity index (χ4n) is 1.22. The van der Waals surface area contributed by atoms with Crippen molar-refractivity contribution in [3.05, 3.63) is 51.2 Å². The molecule has 19 heavy (non-hydrogen) atoms. The van der Waals surface area contributed by atoms with Crippen molar-refractivity contribution in [2.24, 2.45) is 0 Å². The molecule has 0 aliphatic heterocycles. The van der Waals surface area contributed by atoms with Gasteiger partial charge >= 0.3 is 0 Å². The number of ether oxygens (including phenoxy) is 1. The van der Waals surface area contributed by atoms with E-state index in [1.165, 1.54) is 12.1 Å². The minimum absolute atomic E-state index is 0.0135. The molecule has 8 heteroatoms. The summed E-state index contributed by atoms with van der Waals surface area (Å²) in [6.45, 7) is 0. The SMILES string of the molecule is Fc1nc(F)c(F)c(Oc2cc(Br)ccc2Cl)c1F. The summed E-state index contributed by atoms with van der Waals surface area (Å²) in [7, 11) is 0. The van der Waals surface area contributed by atoms with Crippen LogP contribution < -0.4 is 4.74 Å². The second kappa shape index (κ2) is 5.34. The summed E-state index contributed by atoms with van der Waals surface area (Å²) in [6, 6.07) is 4.22. The maximum Gasteiger partial charge on any atom is 0.255 e. The molecule has 1 aromatic heterocycles. The summed E-state index contributed by atoms with van der Waals surface area (Å²) in [5.74, 6) is -8.51. The molecule has 0 fully saturated rings. The molecule has 0 unspecified atom stereocenters. The van der Waals surface area contributed by atoms with E-state index in [0.29, 0.717) is 4.47 Å². The molecular weight excluding hydrogens is 353 g/mol. The standard InChI is InChI=1S/C11H3BrClF4NO/c12-4-1-2-5(13)6(3-4)19-9-7(14)10(16)18-11(17)8(9)15/h1-3H. The van der Waals surface area contributed by atoms with Gasteiger partial charge in [-0.1, -0.05) is 27.5 Å². The maximum absolute atomic E-state index is 13.3. The van der Waals surface area contributed by atoms with Crippen LogP contribution in [0.25, 0.3) is 0 Å². The minimum atomic E-state index is -1.81. The van der Waals surface area contributed by atoms with Crippen LogP contribution in [0.4, 0.5) is 17.6 Å². The number of benzene rings is 1. The van der Waals surface area contributed by atoms with Gasteiger partial charge in [0.2, 0.25) is 17.4 Å². The van der Waals surface area contributed by atoms with E-state index in [1.807, 2.05) is 0 Å². The molecule has 0 radical (unpaired) electrons. The molecule has 1 heterocycles. The largest absolute Gasteiger partial charge is 0.449 e. The Bertz CT molecular complexity index is 627. The fraction of sp³-hybridized carbons (Fsp3) is 0. The van der Waals surface area contributed by atoms with Crippen LogP contribution >= 0.6 is 27.5 Å². The van der Waals surface area contributed by atoms with Crippen molar-refractivity contribution in [3.8, 4) is 11.5 Å². The topological polar surface area (TPSA) is 22.1 Å². The van der Waals surface area contributed by atoms with Crippen LogP contribution in [0.3, 0.4) is 0 Å². The summed E-state index contributed by atoms with van der Waals surface area (Å²) in [5.41, 5.74) is 0. The highest BCUT2D eigenvalue weighted by molar-refractivity contribution is 9.10. The van der Waals surface area contributed by atoms with Gasteiger partial charge in [-0.15, -0.1) is 0 Å². The van der Waals surface area contributed by atoms with Crippen molar-refractivity contribution < 1.29 is 22.3 Å². The van der Waals surface area contributed by atoms with Gasteiger partial charge in [0.25, 0.3) is 11.9 Å². The van der Waals surface area contributed by atoms with Crippen molar-refractivity contribution >= 4 is 27.5 Å². The van der Waals surface area contributed by atoms with E-state index in [9.17, 15) is 17.6 Å². The van der Waals surface area contributed by atoms with Crippen LogP contribution in [0.5, 0.6) is 11.5 Å². The molecule has 0 spiro atoms. The van der Waals surface area contributed by atoms with Crippen molar-refractivity contribution in [1.29, 1.82) is 0 Å². The van der Waals surface area contributed by atoms with E-state index in [0.717, 1.165) is 0 Å². The van der Waals surface area contributed by atoms with Crippen molar-refractivity contribution in [1.82, 2.24) is 4.98 Å². The smallest absolute Gasteiger partial charge is 0.255 e. The molecule has 0 N–H and O–H groups in total.